The fourth-order valence-electron chi connectivity index (χ4n) is 3.76. The average Bonchev–Trinajstić information content (AvgIpc) is 3.24. The fourth-order valence-corrected chi connectivity index (χ4v) is 3.76. The third kappa shape index (κ3) is 3.72. The van der Waals surface area contributed by atoms with Crippen LogP contribution in [0.3, 0.4) is 0 Å². The predicted molar refractivity (Wildman–Crippen MR) is 81.2 cm³/mol. The Morgan fingerprint density at radius 1 is 1.05 bits per heavy atom. The standard InChI is InChI=1S/C17H32N2/c1-17(2,3)15-8-10-19(12-15)11-9-18-16(13-4-5-13)14-6-7-14/h13-16,18H,4-12H2,1-3H3. The van der Waals surface area contributed by atoms with Crippen LogP contribution in [0, 0.1) is 23.2 Å². The Morgan fingerprint density at radius 2 is 1.68 bits per heavy atom. The first-order valence-corrected chi connectivity index (χ1v) is 8.50. The summed E-state index contributed by atoms with van der Waals surface area (Å²) in [6.45, 7) is 12.3. The second-order valence-electron chi connectivity index (χ2n) is 8.31. The van der Waals surface area contributed by atoms with Gasteiger partial charge in [0.1, 0.15) is 0 Å². The fraction of sp³-hybridized carbons (Fsp3) is 1.00. The van der Waals surface area contributed by atoms with E-state index in [1.54, 1.807) is 0 Å². The number of rotatable bonds is 6. The predicted octanol–water partition coefficient (Wildman–Crippen LogP) is 3.13. The zero-order valence-electron chi connectivity index (χ0n) is 13.1. The molecular weight excluding hydrogens is 232 g/mol. The summed E-state index contributed by atoms with van der Waals surface area (Å²) in [5.74, 6) is 2.97. The Kier molecular flexibility index (Phi) is 3.92. The van der Waals surface area contributed by atoms with Crippen LogP contribution in [0.1, 0.15) is 52.9 Å². The summed E-state index contributed by atoms with van der Waals surface area (Å²) >= 11 is 0. The summed E-state index contributed by atoms with van der Waals surface area (Å²) < 4.78 is 0. The monoisotopic (exact) mass is 264 g/mol. The molecule has 110 valence electrons. The van der Waals surface area contributed by atoms with Gasteiger partial charge in [-0.25, -0.2) is 0 Å². The van der Waals surface area contributed by atoms with E-state index in [1.807, 2.05) is 0 Å². The maximum atomic E-state index is 3.88. The number of hydrogen-bond donors (Lipinski definition) is 1. The van der Waals surface area contributed by atoms with Crippen molar-refractivity contribution in [3.8, 4) is 0 Å². The van der Waals surface area contributed by atoms with Crippen molar-refractivity contribution in [1.29, 1.82) is 0 Å². The minimum Gasteiger partial charge on any atom is -0.312 e. The van der Waals surface area contributed by atoms with E-state index < -0.39 is 0 Å². The van der Waals surface area contributed by atoms with Crippen LogP contribution in [0.2, 0.25) is 0 Å². The molecule has 3 aliphatic rings. The number of nitrogens with one attached hydrogen (secondary N) is 1. The molecule has 1 N–H and O–H groups in total. The lowest BCUT2D eigenvalue weighted by Crippen LogP contribution is -2.39. The van der Waals surface area contributed by atoms with Crippen LogP contribution in [0.4, 0.5) is 0 Å². The highest BCUT2D eigenvalue weighted by molar-refractivity contribution is 4.96. The molecule has 0 aromatic carbocycles. The lowest BCUT2D eigenvalue weighted by atomic mass is 9.80. The smallest absolute Gasteiger partial charge is 0.0124 e. The van der Waals surface area contributed by atoms with Gasteiger partial charge in [0.05, 0.1) is 0 Å². The summed E-state index contributed by atoms with van der Waals surface area (Å²) in [5.41, 5.74) is 0.493. The van der Waals surface area contributed by atoms with E-state index in [1.165, 1.54) is 58.3 Å². The molecule has 19 heavy (non-hydrogen) atoms. The Morgan fingerprint density at radius 3 is 2.16 bits per heavy atom. The molecule has 1 saturated heterocycles. The Balaban J connectivity index is 1.36. The van der Waals surface area contributed by atoms with Crippen LogP contribution in [0.15, 0.2) is 0 Å². The highest BCUT2D eigenvalue weighted by atomic mass is 15.2. The van der Waals surface area contributed by atoms with Crippen LogP contribution in [-0.2, 0) is 0 Å². The lowest BCUT2D eigenvalue weighted by molar-refractivity contribution is 0.227. The molecular formula is C17H32N2. The van der Waals surface area contributed by atoms with Crippen LogP contribution < -0.4 is 5.32 Å². The second kappa shape index (κ2) is 5.37. The third-order valence-corrected chi connectivity index (χ3v) is 5.56. The highest BCUT2D eigenvalue weighted by Gasteiger charge is 2.41. The van der Waals surface area contributed by atoms with Gasteiger partial charge in [0.25, 0.3) is 0 Å². The van der Waals surface area contributed by atoms with E-state index in [2.05, 4.69) is 31.0 Å². The van der Waals surface area contributed by atoms with Crippen molar-refractivity contribution in [2.75, 3.05) is 26.2 Å². The van der Waals surface area contributed by atoms with Crippen LogP contribution >= 0.6 is 0 Å². The highest BCUT2D eigenvalue weighted by Crippen LogP contribution is 2.44. The maximum absolute atomic E-state index is 3.88. The Bertz CT molecular complexity index is 287. The summed E-state index contributed by atoms with van der Waals surface area (Å²) in [5, 5.41) is 3.88. The Hall–Kier alpha value is -0.0800. The van der Waals surface area contributed by atoms with Crippen LogP contribution in [0.5, 0.6) is 0 Å². The molecule has 2 saturated carbocycles. The van der Waals surface area contributed by atoms with Crippen molar-refractivity contribution in [2.45, 2.75) is 58.9 Å². The molecule has 3 rings (SSSR count). The molecule has 2 nitrogen and oxygen atoms in total. The molecule has 0 bridgehead atoms. The normalized spacial score (nSPS) is 29.4. The first kappa shape index (κ1) is 13.9. The third-order valence-electron chi connectivity index (χ3n) is 5.56. The summed E-state index contributed by atoms with van der Waals surface area (Å²) in [6.07, 6.45) is 7.36. The molecule has 2 aliphatic carbocycles. The molecule has 2 heteroatoms. The van der Waals surface area contributed by atoms with Gasteiger partial charge in [-0.05, 0) is 61.8 Å². The zero-order valence-corrected chi connectivity index (χ0v) is 13.1. The summed E-state index contributed by atoms with van der Waals surface area (Å²) in [4.78, 5) is 2.68. The molecule has 1 atom stereocenters. The first-order valence-electron chi connectivity index (χ1n) is 8.50. The molecule has 1 unspecified atom stereocenters. The van der Waals surface area contributed by atoms with Crippen molar-refractivity contribution < 1.29 is 0 Å². The second-order valence-corrected chi connectivity index (χ2v) is 8.31. The summed E-state index contributed by atoms with van der Waals surface area (Å²) in [6, 6.07) is 0.876. The topological polar surface area (TPSA) is 15.3 Å². The zero-order chi connectivity index (χ0) is 13.5. The lowest BCUT2D eigenvalue weighted by Gasteiger charge is -2.27. The molecule has 0 aromatic rings. The van der Waals surface area contributed by atoms with Gasteiger partial charge in [0.2, 0.25) is 0 Å². The van der Waals surface area contributed by atoms with E-state index in [4.69, 9.17) is 0 Å². The molecule has 3 fully saturated rings. The van der Waals surface area contributed by atoms with Crippen molar-refractivity contribution >= 4 is 0 Å². The molecule has 1 heterocycles. The molecule has 0 aromatic heterocycles. The van der Waals surface area contributed by atoms with Crippen molar-refractivity contribution in [3.05, 3.63) is 0 Å². The molecule has 0 amide bonds. The number of hydrogen-bond acceptors (Lipinski definition) is 2. The van der Waals surface area contributed by atoms with Gasteiger partial charge in [-0.1, -0.05) is 20.8 Å². The van der Waals surface area contributed by atoms with Gasteiger partial charge in [-0.3, -0.25) is 0 Å². The number of likely N-dealkylation sites (tertiary alicyclic amines) is 1. The van der Waals surface area contributed by atoms with E-state index in [-0.39, 0.29) is 0 Å². The minimum absolute atomic E-state index is 0.493. The van der Waals surface area contributed by atoms with Crippen molar-refractivity contribution in [2.24, 2.45) is 23.2 Å². The van der Waals surface area contributed by atoms with Gasteiger partial charge < -0.3 is 10.2 Å². The van der Waals surface area contributed by atoms with Gasteiger partial charge in [0.15, 0.2) is 0 Å². The van der Waals surface area contributed by atoms with Gasteiger partial charge in [0, 0.05) is 25.7 Å². The first-order chi connectivity index (χ1) is 9.04. The Labute approximate surface area is 119 Å². The van der Waals surface area contributed by atoms with Gasteiger partial charge in [-0.2, -0.15) is 0 Å². The van der Waals surface area contributed by atoms with Gasteiger partial charge >= 0.3 is 0 Å². The molecule has 1 aliphatic heterocycles. The van der Waals surface area contributed by atoms with Crippen LogP contribution in [-0.4, -0.2) is 37.1 Å². The largest absolute Gasteiger partial charge is 0.312 e. The SMILES string of the molecule is CC(C)(C)C1CCN(CCNC(C2CC2)C2CC2)C1. The number of nitrogens with zero attached hydrogens (tertiary/aromatic N) is 1. The van der Waals surface area contributed by atoms with Gasteiger partial charge in [-0.15, -0.1) is 0 Å². The average molecular weight is 264 g/mol. The maximum Gasteiger partial charge on any atom is 0.0124 e. The van der Waals surface area contributed by atoms with E-state index >= 15 is 0 Å². The minimum atomic E-state index is 0.493. The van der Waals surface area contributed by atoms with E-state index in [0.717, 1.165) is 23.8 Å². The molecule has 0 spiro atoms. The van der Waals surface area contributed by atoms with Crippen molar-refractivity contribution in [3.63, 3.8) is 0 Å². The quantitative estimate of drug-likeness (QED) is 0.793. The molecule has 0 radical (unpaired) electrons. The van der Waals surface area contributed by atoms with E-state index in [9.17, 15) is 0 Å². The van der Waals surface area contributed by atoms with Crippen molar-refractivity contribution in [1.82, 2.24) is 10.2 Å². The van der Waals surface area contributed by atoms with E-state index in [0.29, 0.717) is 5.41 Å². The van der Waals surface area contributed by atoms with Crippen LogP contribution in [0.25, 0.3) is 0 Å². The summed E-state index contributed by atoms with van der Waals surface area (Å²) in [7, 11) is 0.